The van der Waals surface area contributed by atoms with E-state index in [2.05, 4.69) is 198 Å². The minimum Gasteiger partial charge on any atom is -0.457 e. The van der Waals surface area contributed by atoms with Crippen LogP contribution >= 0.6 is 0 Å². The second kappa shape index (κ2) is 11.9. The quantitative estimate of drug-likeness (QED) is 0.169. The Kier molecular flexibility index (Phi) is 6.98. The summed E-state index contributed by atoms with van der Waals surface area (Å²) in [5, 5.41) is 7.35. The molecule has 0 bridgehead atoms. The van der Waals surface area contributed by atoms with Crippen LogP contribution in [0.25, 0.3) is 65.7 Å². The minimum absolute atomic E-state index is 0.283. The first-order chi connectivity index (χ1) is 27.3. The van der Waals surface area contributed by atoms with Crippen LogP contribution in [-0.2, 0) is 10.8 Å². The number of para-hydroxylation sites is 2. The lowest BCUT2D eigenvalue weighted by atomic mass is 9.72. The molecule has 0 amide bonds. The van der Waals surface area contributed by atoms with Gasteiger partial charge in [-0.1, -0.05) is 167 Å². The van der Waals surface area contributed by atoms with Gasteiger partial charge in [0.2, 0.25) is 0 Å². The molecule has 0 atom stereocenters. The monoisotopic (exact) mass is 720 g/mol. The maximum absolute atomic E-state index is 6.66. The van der Waals surface area contributed by atoms with Crippen molar-refractivity contribution in [2.75, 3.05) is 0 Å². The molecule has 9 aromatic rings. The van der Waals surface area contributed by atoms with Crippen molar-refractivity contribution in [3.63, 3.8) is 0 Å². The van der Waals surface area contributed by atoms with E-state index >= 15 is 0 Å². The Hall–Kier alpha value is -6.64. The molecule has 0 saturated carbocycles. The molecular formula is C54H40O2. The van der Waals surface area contributed by atoms with Gasteiger partial charge in [-0.3, -0.25) is 0 Å². The van der Waals surface area contributed by atoms with E-state index in [1.165, 1.54) is 88.0 Å². The van der Waals surface area contributed by atoms with Crippen LogP contribution in [0.3, 0.4) is 0 Å². The summed E-state index contributed by atoms with van der Waals surface area (Å²) in [5.74, 6) is 3.68. The fraction of sp³-hybridized carbons (Fsp3) is 0.111. The Morgan fingerprint density at radius 2 is 0.714 bits per heavy atom. The largest absolute Gasteiger partial charge is 0.457 e. The predicted octanol–water partition coefficient (Wildman–Crippen LogP) is 15.0. The van der Waals surface area contributed by atoms with Gasteiger partial charge in [-0.2, -0.15) is 0 Å². The van der Waals surface area contributed by atoms with Crippen LogP contribution in [0.4, 0.5) is 0 Å². The van der Waals surface area contributed by atoms with E-state index in [0.717, 1.165) is 23.0 Å². The molecule has 0 saturated heterocycles. The van der Waals surface area contributed by atoms with Crippen LogP contribution in [0, 0.1) is 0 Å². The molecule has 2 heterocycles. The van der Waals surface area contributed by atoms with Crippen molar-refractivity contribution in [2.24, 2.45) is 0 Å². The maximum atomic E-state index is 6.66. The molecular weight excluding hydrogens is 681 g/mol. The topological polar surface area (TPSA) is 18.5 Å². The van der Waals surface area contributed by atoms with Gasteiger partial charge < -0.3 is 9.47 Å². The van der Waals surface area contributed by atoms with Gasteiger partial charge in [0.05, 0.1) is 0 Å². The highest BCUT2D eigenvalue weighted by Gasteiger charge is 2.38. The molecule has 0 unspecified atom stereocenters. The molecule has 11 rings (SSSR count). The Morgan fingerprint density at radius 3 is 1.29 bits per heavy atom. The molecule has 2 nitrogen and oxygen atoms in total. The van der Waals surface area contributed by atoms with Crippen molar-refractivity contribution in [3.05, 3.63) is 192 Å². The van der Waals surface area contributed by atoms with Gasteiger partial charge in [0.1, 0.15) is 23.0 Å². The lowest BCUT2D eigenvalue weighted by Crippen LogP contribution is -2.25. The summed E-state index contributed by atoms with van der Waals surface area (Å²) in [5.41, 5.74) is 11.5. The molecule has 0 N–H and O–H groups in total. The lowest BCUT2D eigenvalue weighted by molar-refractivity contribution is 0.418. The standard InChI is InChI=1S/C54H40O2/c1-53(2)44-26-7-9-28-46(44)55-48-30-14-24-40(51(48)53)35-19-12-22-38-42(35)32-43-36(20-13-23-39(43)50(38)37-21-11-17-33-16-5-6-18-34(33)37)41-25-15-31-49-52(41)54(3,4)45-27-8-10-29-47(45)56-49/h5-32H,1-4H3. The van der Waals surface area contributed by atoms with Crippen molar-refractivity contribution in [1.82, 2.24) is 0 Å². The van der Waals surface area contributed by atoms with Crippen LogP contribution < -0.4 is 9.47 Å². The van der Waals surface area contributed by atoms with Crippen LogP contribution in [0.1, 0.15) is 49.9 Å². The van der Waals surface area contributed by atoms with Crippen LogP contribution in [0.15, 0.2) is 170 Å². The number of hydrogen-bond acceptors (Lipinski definition) is 2. The molecule has 0 aliphatic carbocycles. The summed E-state index contributed by atoms with van der Waals surface area (Å²) in [6.45, 7) is 9.32. The van der Waals surface area contributed by atoms with E-state index in [9.17, 15) is 0 Å². The number of ether oxygens (including phenoxy) is 2. The SMILES string of the molecule is CC1(C)c2ccccc2Oc2cccc(-c3cccc4c(-c5cccc6ccccc56)c5cccc(-c6cccc7c6C(C)(C)c6ccccc6O7)c5cc34)c21. The molecule has 0 radical (unpaired) electrons. The summed E-state index contributed by atoms with van der Waals surface area (Å²) >= 11 is 0. The Balaban J connectivity index is 1.25. The summed E-state index contributed by atoms with van der Waals surface area (Å²) in [6.07, 6.45) is 0. The second-order valence-electron chi connectivity index (χ2n) is 16.4. The zero-order chi connectivity index (χ0) is 37.8. The van der Waals surface area contributed by atoms with E-state index in [-0.39, 0.29) is 10.8 Å². The Morgan fingerprint density at radius 1 is 0.321 bits per heavy atom. The predicted molar refractivity (Wildman–Crippen MR) is 233 cm³/mol. The molecule has 2 aliphatic heterocycles. The molecule has 268 valence electrons. The van der Waals surface area contributed by atoms with Crippen LogP contribution in [-0.4, -0.2) is 0 Å². The molecule has 0 spiro atoms. The number of fused-ring (bicyclic) bond motifs is 7. The average molecular weight is 721 g/mol. The number of rotatable bonds is 3. The van der Waals surface area contributed by atoms with Gasteiger partial charge in [-0.05, 0) is 96.0 Å². The Labute approximate surface area is 327 Å². The van der Waals surface area contributed by atoms with Crippen LogP contribution in [0.2, 0.25) is 0 Å². The second-order valence-corrected chi connectivity index (χ2v) is 16.4. The lowest BCUT2D eigenvalue weighted by Gasteiger charge is -2.36. The van der Waals surface area contributed by atoms with Crippen molar-refractivity contribution < 1.29 is 9.47 Å². The van der Waals surface area contributed by atoms with Gasteiger partial charge in [-0.25, -0.2) is 0 Å². The molecule has 56 heavy (non-hydrogen) atoms. The minimum atomic E-state index is -0.283. The van der Waals surface area contributed by atoms with Crippen molar-refractivity contribution >= 4 is 32.3 Å². The van der Waals surface area contributed by atoms with E-state index in [1.807, 2.05) is 0 Å². The van der Waals surface area contributed by atoms with Crippen molar-refractivity contribution in [2.45, 2.75) is 38.5 Å². The van der Waals surface area contributed by atoms with Gasteiger partial charge >= 0.3 is 0 Å². The fourth-order valence-corrected chi connectivity index (χ4v) is 9.99. The van der Waals surface area contributed by atoms with E-state index < -0.39 is 0 Å². The zero-order valence-electron chi connectivity index (χ0n) is 32.0. The average Bonchev–Trinajstić information content (AvgIpc) is 3.22. The van der Waals surface area contributed by atoms with Gasteiger partial charge in [-0.15, -0.1) is 0 Å². The first-order valence-electron chi connectivity index (χ1n) is 19.6. The summed E-state index contributed by atoms with van der Waals surface area (Å²) in [7, 11) is 0. The van der Waals surface area contributed by atoms with Gasteiger partial charge in [0, 0.05) is 33.1 Å². The highest BCUT2D eigenvalue weighted by atomic mass is 16.5. The fourth-order valence-electron chi connectivity index (χ4n) is 9.99. The summed E-state index contributed by atoms with van der Waals surface area (Å²) in [4.78, 5) is 0. The van der Waals surface area contributed by atoms with Crippen LogP contribution in [0.5, 0.6) is 23.0 Å². The molecule has 0 fully saturated rings. The summed E-state index contributed by atoms with van der Waals surface area (Å²) < 4.78 is 13.3. The van der Waals surface area contributed by atoms with Gasteiger partial charge in [0.25, 0.3) is 0 Å². The zero-order valence-corrected chi connectivity index (χ0v) is 32.0. The molecule has 9 aromatic carbocycles. The normalized spacial score (nSPS) is 14.6. The smallest absolute Gasteiger partial charge is 0.132 e. The van der Waals surface area contributed by atoms with Gasteiger partial charge in [0.15, 0.2) is 0 Å². The van der Waals surface area contributed by atoms with E-state index in [4.69, 9.17) is 9.47 Å². The van der Waals surface area contributed by atoms with E-state index in [1.54, 1.807) is 0 Å². The highest BCUT2D eigenvalue weighted by molar-refractivity contribution is 6.21. The highest BCUT2D eigenvalue weighted by Crippen LogP contribution is 2.55. The molecule has 2 heteroatoms. The first kappa shape index (κ1) is 32.8. The molecule has 0 aromatic heterocycles. The molecule has 2 aliphatic rings. The van der Waals surface area contributed by atoms with Crippen molar-refractivity contribution in [3.8, 4) is 56.4 Å². The third-order valence-corrected chi connectivity index (χ3v) is 12.5. The first-order valence-corrected chi connectivity index (χ1v) is 19.6. The number of benzene rings is 9. The summed E-state index contributed by atoms with van der Waals surface area (Å²) in [6, 6.07) is 61.7. The number of hydrogen-bond donors (Lipinski definition) is 0. The van der Waals surface area contributed by atoms with Crippen molar-refractivity contribution in [1.29, 1.82) is 0 Å². The van der Waals surface area contributed by atoms with E-state index in [0.29, 0.717) is 0 Å². The Bertz CT molecular complexity index is 2920. The third kappa shape index (κ3) is 4.62. The maximum Gasteiger partial charge on any atom is 0.132 e. The third-order valence-electron chi connectivity index (χ3n) is 12.5.